The molecule has 28 heavy (non-hydrogen) atoms. The fourth-order valence-electron chi connectivity index (χ4n) is 3.98. The topological polar surface area (TPSA) is 34.6 Å². The lowest BCUT2D eigenvalue weighted by molar-refractivity contribution is 0.0797. The fourth-order valence-corrected chi connectivity index (χ4v) is 3.98. The molecule has 0 aliphatic carbocycles. The highest BCUT2D eigenvalue weighted by atomic mass is 16.5. The van der Waals surface area contributed by atoms with Gasteiger partial charge in [0.1, 0.15) is 11.9 Å². The number of hydrogen-bond donors (Lipinski definition) is 0. The van der Waals surface area contributed by atoms with Crippen molar-refractivity contribution in [2.24, 2.45) is 0 Å². The molecule has 4 rings (SSSR count). The number of rotatable bonds is 6. The minimum Gasteiger partial charge on any atom is -0.490 e. The van der Waals surface area contributed by atoms with Gasteiger partial charge in [-0.2, -0.15) is 0 Å². The van der Waals surface area contributed by atoms with Crippen molar-refractivity contribution >= 4 is 10.9 Å². The molecule has 1 saturated heterocycles. The summed E-state index contributed by atoms with van der Waals surface area (Å²) >= 11 is 0. The van der Waals surface area contributed by atoms with Crippen molar-refractivity contribution in [3.05, 3.63) is 60.3 Å². The smallest absolute Gasteiger partial charge is 0.119 e. The van der Waals surface area contributed by atoms with Crippen molar-refractivity contribution in [3.8, 4) is 16.9 Å². The van der Waals surface area contributed by atoms with Crippen LogP contribution in [-0.2, 0) is 4.74 Å². The zero-order chi connectivity index (χ0) is 19.3. The van der Waals surface area contributed by atoms with Crippen LogP contribution in [0.25, 0.3) is 22.0 Å². The van der Waals surface area contributed by atoms with Gasteiger partial charge in [-0.05, 0) is 54.7 Å². The minimum atomic E-state index is 0.302. The molecule has 2 aromatic carbocycles. The number of piperidine rings is 1. The zero-order valence-corrected chi connectivity index (χ0v) is 16.7. The summed E-state index contributed by atoms with van der Waals surface area (Å²) in [7, 11) is 1.76. The Morgan fingerprint density at radius 2 is 1.82 bits per heavy atom. The van der Waals surface area contributed by atoms with Crippen LogP contribution in [0.4, 0.5) is 0 Å². The number of aromatic nitrogens is 1. The van der Waals surface area contributed by atoms with Crippen molar-refractivity contribution in [2.75, 3.05) is 33.4 Å². The predicted octanol–water partition coefficient (Wildman–Crippen LogP) is 4.70. The summed E-state index contributed by atoms with van der Waals surface area (Å²) in [5.41, 5.74) is 4.71. The molecule has 1 aliphatic rings. The number of methoxy groups -OCH3 is 1. The van der Waals surface area contributed by atoms with E-state index in [9.17, 15) is 0 Å². The molecule has 0 N–H and O–H groups in total. The van der Waals surface area contributed by atoms with E-state index in [1.54, 1.807) is 7.11 Å². The van der Waals surface area contributed by atoms with Crippen LogP contribution in [0.3, 0.4) is 0 Å². The van der Waals surface area contributed by atoms with Crippen LogP contribution in [0, 0.1) is 6.92 Å². The van der Waals surface area contributed by atoms with Crippen molar-refractivity contribution < 1.29 is 9.47 Å². The van der Waals surface area contributed by atoms with E-state index >= 15 is 0 Å². The van der Waals surface area contributed by atoms with Gasteiger partial charge >= 0.3 is 0 Å². The number of hydrogen-bond acceptors (Lipinski definition) is 4. The Morgan fingerprint density at radius 3 is 2.57 bits per heavy atom. The number of benzene rings is 2. The van der Waals surface area contributed by atoms with Crippen molar-refractivity contribution in [2.45, 2.75) is 25.9 Å². The maximum atomic E-state index is 6.23. The number of ether oxygens (including phenoxy) is 2. The molecule has 0 spiro atoms. The molecule has 0 amide bonds. The highest BCUT2D eigenvalue weighted by Crippen LogP contribution is 2.30. The molecular formula is C24H28N2O2. The van der Waals surface area contributed by atoms with Crippen molar-refractivity contribution in [3.63, 3.8) is 0 Å². The SMILES string of the molecule is COCCN1CCC(Oc2ccc(-c3ccc4cccnc4c3C)cc2)CC1. The van der Waals surface area contributed by atoms with E-state index < -0.39 is 0 Å². The first-order valence-electron chi connectivity index (χ1n) is 10.1. The van der Waals surface area contributed by atoms with Gasteiger partial charge in [0.05, 0.1) is 12.1 Å². The molecule has 0 unspecified atom stereocenters. The average molecular weight is 377 g/mol. The van der Waals surface area contributed by atoms with Crippen molar-refractivity contribution in [1.82, 2.24) is 9.88 Å². The maximum absolute atomic E-state index is 6.23. The van der Waals surface area contributed by atoms with Gasteiger partial charge in [0.2, 0.25) is 0 Å². The van der Waals surface area contributed by atoms with E-state index in [0.717, 1.165) is 50.3 Å². The summed E-state index contributed by atoms with van der Waals surface area (Å²) in [6.07, 6.45) is 4.30. The minimum absolute atomic E-state index is 0.302. The number of fused-ring (bicyclic) bond motifs is 1. The van der Waals surface area contributed by atoms with Crippen LogP contribution in [0.1, 0.15) is 18.4 Å². The second-order valence-corrected chi connectivity index (χ2v) is 7.49. The van der Waals surface area contributed by atoms with E-state index in [-0.39, 0.29) is 0 Å². The Bertz CT molecular complexity index is 916. The van der Waals surface area contributed by atoms with Crippen LogP contribution in [0.15, 0.2) is 54.7 Å². The molecule has 0 bridgehead atoms. The summed E-state index contributed by atoms with van der Waals surface area (Å²) in [6, 6.07) is 16.9. The third kappa shape index (κ3) is 4.18. The molecule has 2 heterocycles. The molecule has 0 radical (unpaired) electrons. The number of nitrogens with zero attached hydrogens (tertiary/aromatic N) is 2. The second kappa shape index (κ2) is 8.72. The van der Waals surface area contributed by atoms with E-state index in [1.165, 1.54) is 22.1 Å². The summed E-state index contributed by atoms with van der Waals surface area (Å²) in [6.45, 7) is 6.12. The van der Waals surface area contributed by atoms with E-state index in [0.29, 0.717) is 6.10 Å². The van der Waals surface area contributed by atoms with Gasteiger partial charge < -0.3 is 14.4 Å². The second-order valence-electron chi connectivity index (χ2n) is 7.49. The molecule has 4 heteroatoms. The van der Waals surface area contributed by atoms with Gasteiger partial charge in [-0.1, -0.05) is 30.3 Å². The molecule has 1 aliphatic heterocycles. The zero-order valence-electron chi connectivity index (χ0n) is 16.7. The fraction of sp³-hybridized carbons (Fsp3) is 0.375. The van der Waals surface area contributed by atoms with E-state index in [4.69, 9.17) is 9.47 Å². The molecule has 3 aromatic rings. The first kappa shape index (κ1) is 18.9. The van der Waals surface area contributed by atoms with Crippen LogP contribution in [-0.4, -0.2) is 49.3 Å². The molecule has 0 saturated carbocycles. The monoisotopic (exact) mass is 376 g/mol. The van der Waals surface area contributed by atoms with Gasteiger partial charge in [0.15, 0.2) is 0 Å². The molecule has 0 atom stereocenters. The molecule has 146 valence electrons. The Balaban J connectivity index is 1.42. The van der Waals surface area contributed by atoms with Crippen LogP contribution < -0.4 is 4.74 Å². The third-order valence-electron chi connectivity index (χ3n) is 5.64. The normalized spacial score (nSPS) is 15.8. The highest BCUT2D eigenvalue weighted by molar-refractivity contribution is 5.88. The number of aryl methyl sites for hydroxylation is 1. The number of likely N-dealkylation sites (tertiary alicyclic amines) is 1. The van der Waals surface area contributed by atoms with Crippen molar-refractivity contribution in [1.29, 1.82) is 0 Å². The Hall–Kier alpha value is -2.43. The van der Waals surface area contributed by atoms with Gasteiger partial charge in [0, 0.05) is 38.3 Å². The average Bonchev–Trinajstić information content (AvgIpc) is 2.74. The summed E-state index contributed by atoms with van der Waals surface area (Å²) in [4.78, 5) is 7.00. The molecular weight excluding hydrogens is 348 g/mol. The first-order valence-corrected chi connectivity index (χ1v) is 10.1. The van der Waals surface area contributed by atoms with E-state index in [2.05, 4.69) is 59.3 Å². The quantitative estimate of drug-likeness (QED) is 0.625. The lowest BCUT2D eigenvalue weighted by Crippen LogP contribution is -2.39. The van der Waals surface area contributed by atoms with Crippen LogP contribution in [0.5, 0.6) is 5.75 Å². The van der Waals surface area contributed by atoms with Gasteiger partial charge in [-0.3, -0.25) is 4.98 Å². The molecule has 1 aromatic heterocycles. The summed E-state index contributed by atoms with van der Waals surface area (Å²) in [5, 5.41) is 1.18. The van der Waals surface area contributed by atoms with Gasteiger partial charge in [-0.25, -0.2) is 0 Å². The third-order valence-corrected chi connectivity index (χ3v) is 5.64. The van der Waals surface area contributed by atoms with Crippen LogP contribution >= 0.6 is 0 Å². The summed E-state index contributed by atoms with van der Waals surface area (Å²) in [5.74, 6) is 0.954. The highest BCUT2D eigenvalue weighted by Gasteiger charge is 2.20. The van der Waals surface area contributed by atoms with Gasteiger partial charge in [0.25, 0.3) is 0 Å². The summed E-state index contributed by atoms with van der Waals surface area (Å²) < 4.78 is 11.4. The lowest BCUT2D eigenvalue weighted by atomic mass is 9.98. The molecule has 1 fully saturated rings. The largest absolute Gasteiger partial charge is 0.490 e. The predicted molar refractivity (Wildman–Crippen MR) is 114 cm³/mol. The van der Waals surface area contributed by atoms with Gasteiger partial charge in [-0.15, -0.1) is 0 Å². The number of pyridine rings is 1. The lowest BCUT2D eigenvalue weighted by Gasteiger charge is -2.31. The maximum Gasteiger partial charge on any atom is 0.119 e. The Morgan fingerprint density at radius 1 is 1.04 bits per heavy atom. The van der Waals surface area contributed by atoms with Crippen LogP contribution in [0.2, 0.25) is 0 Å². The molecule has 4 nitrogen and oxygen atoms in total. The Labute approximate surface area is 167 Å². The first-order chi connectivity index (χ1) is 13.7. The van der Waals surface area contributed by atoms with E-state index in [1.807, 2.05) is 12.3 Å². The standard InChI is InChI=1S/C24H28N2O2/c1-18-23(10-7-20-4-3-13-25-24(18)20)19-5-8-21(9-6-19)28-22-11-14-26(15-12-22)16-17-27-2/h3-10,13,22H,11-12,14-17H2,1-2H3. The Kier molecular flexibility index (Phi) is 5.89.